The largest absolute Gasteiger partial charge is 0.467 e. The zero-order valence-electron chi connectivity index (χ0n) is 9.95. The number of esters is 1. The average molecular weight is 229 g/mol. The van der Waals surface area contributed by atoms with Crippen molar-refractivity contribution < 1.29 is 19.4 Å². The van der Waals surface area contributed by atoms with Gasteiger partial charge in [0, 0.05) is 5.41 Å². The first-order valence-electron chi connectivity index (χ1n) is 5.47. The second kappa shape index (κ2) is 4.82. The smallest absolute Gasteiger partial charge is 0.331 e. The number of amides is 1. The van der Waals surface area contributed by atoms with Gasteiger partial charge in [-0.15, -0.1) is 0 Å². The molecule has 0 bridgehead atoms. The molecular weight excluding hydrogens is 210 g/mol. The molecule has 1 amide bonds. The summed E-state index contributed by atoms with van der Waals surface area (Å²) in [5.74, 6) is -0.804. The van der Waals surface area contributed by atoms with Crippen LogP contribution in [0.1, 0.15) is 33.1 Å². The van der Waals surface area contributed by atoms with Crippen molar-refractivity contribution in [3.05, 3.63) is 0 Å². The maximum atomic E-state index is 11.9. The molecule has 0 spiro atoms. The van der Waals surface area contributed by atoms with Crippen molar-refractivity contribution in [2.24, 2.45) is 5.41 Å². The fraction of sp³-hybridized carbons (Fsp3) is 0.818. The molecule has 1 rings (SSSR count). The molecule has 1 aliphatic carbocycles. The molecule has 0 saturated heterocycles. The van der Waals surface area contributed by atoms with Gasteiger partial charge < -0.3 is 15.2 Å². The minimum absolute atomic E-state index is 0.185. The van der Waals surface area contributed by atoms with E-state index in [9.17, 15) is 14.7 Å². The first kappa shape index (κ1) is 13.0. The molecule has 16 heavy (non-hydrogen) atoms. The van der Waals surface area contributed by atoms with Gasteiger partial charge >= 0.3 is 5.97 Å². The summed E-state index contributed by atoms with van der Waals surface area (Å²) >= 11 is 0. The molecule has 2 N–H and O–H groups in total. The molecule has 0 aromatic carbocycles. The molecule has 0 heterocycles. The van der Waals surface area contributed by atoms with E-state index in [1.165, 1.54) is 14.0 Å². The summed E-state index contributed by atoms with van der Waals surface area (Å²) in [4.78, 5) is 23.2. The Morgan fingerprint density at radius 3 is 2.31 bits per heavy atom. The lowest BCUT2D eigenvalue weighted by Gasteiger charge is -2.37. The van der Waals surface area contributed by atoms with Crippen molar-refractivity contribution in [1.29, 1.82) is 0 Å². The monoisotopic (exact) mass is 229 g/mol. The van der Waals surface area contributed by atoms with E-state index in [0.717, 1.165) is 19.3 Å². The maximum absolute atomic E-state index is 11.9. The summed E-state index contributed by atoms with van der Waals surface area (Å²) in [5, 5.41) is 11.9. The van der Waals surface area contributed by atoms with E-state index < -0.39 is 18.1 Å². The van der Waals surface area contributed by atoms with Crippen molar-refractivity contribution in [2.75, 3.05) is 7.11 Å². The number of nitrogens with one attached hydrogen (secondary N) is 1. The topological polar surface area (TPSA) is 75.6 Å². The highest BCUT2D eigenvalue weighted by Gasteiger charge is 2.41. The van der Waals surface area contributed by atoms with Gasteiger partial charge in [0.1, 0.15) is 0 Å². The van der Waals surface area contributed by atoms with Crippen molar-refractivity contribution in [2.45, 2.75) is 45.3 Å². The fourth-order valence-electron chi connectivity index (χ4n) is 1.75. The number of carbonyl (C=O) groups is 2. The van der Waals surface area contributed by atoms with E-state index in [4.69, 9.17) is 0 Å². The van der Waals surface area contributed by atoms with Crippen LogP contribution in [0, 0.1) is 5.41 Å². The number of hydrogen-bond acceptors (Lipinski definition) is 4. The van der Waals surface area contributed by atoms with Gasteiger partial charge in [0.15, 0.2) is 6.04 Å². The van der Waals surface area contributed by atoms with Crippen molar-refractivity contribution >= 4 is 11.9 Å². The summed E-state index contributed by atoms with van der Waals surface area (Å²) in [6, 6.07) is -0.977. The van der Waals surface area contributed by atoms with Gasteiger partial charge in [0.05, 0.1) is 13.2 Å². The Labute approximate surface area is 95.2 Å². The fourth-order valence-corrected chi connectivity index (χ4v) is 1.75. The number of methoxy groups -OCH3 is 1. The molecule has 92 valence electrons. The summed E-state index contributed by atoms with van der Waals surface area (Å²) < 4.78 is 4.53. The Balaban J connectivity index is 2.61. The molecule has 5 nitrogen and oxygen atoms in total. The molecule has 1 saturated carbocycles. The van der Waals surface area contributed by atoms with Crippen molar-refractivity contribution in [1.82, 2.24) is 5.32 Å². The van der Waals surface area contributed by atoms with Gasteiger partial charge in [0.25, 0.3) is 0 Å². The predicted octanol–water partition coefficient (Wildman–Crippen LogP) is 0.215. The van der Waals surface area contributed by atoms with Crippen LogP contribution in [0.5, 0.6) is 0 Å². The van der Waals surface area contributed by atoms with Crippen LogP contribution in [0.15, 0.2) is 0 Å². The van der Waals surface area contributed by atoms with Gasteiger partial charge in [-0.3, -0.25) is 4.79 Å². The second-order valence-corrected chi connectivity index (χ2v) is 4.63. The molecule has 1 aliphatic rings. The molecule has 0 aromatic heterocycles. The van der Waals surface area contributed by atoms with Crippen LogP contribution in [0.3, 0.4) is 0 Å². The standard InChI is InChI=1S/C11H19NO4/c1-7(13)8(9(14)16-3)12-10(15)11(2)5-4-6-11/h7-8,13H,4-6H2,1-3H3,(H,12,15)/t7-,8+/m1/s1. The summed E-state index contributed by atoms with van der Waals surface area (Å²) in [7, 11) is 1.23. The lowest BCUT2D eigenvalue weighted by Crippen LogP contribution is -2.54. The van der Waals surface area contributed by atoms with Crippen molar-refractivity contribution in [3.63, 3.8) is 0 Å². The summed E-state index contributed by atoms with van der Waals surface area (Å²) in [5.41, 5.74) is -0.388. The van der Waals surface area contributed by atoms with Gasteiger partial charge in [-0.2, -0.15) is 0 Å². The van der Waals surface area contributed by atoms with E-state index in [0.29, 0.717) is 0 Å². The number of carbonyl (C=O) groups excluding carboxylic acids is 2. The molecular formula is C11H19NO4. The average Bonchev–Trinajstić information content (AvgIpc) is 2.20. The minimum atomic E-state index is -0.977. The van der Waals surface area contributed by atoms with Crippen molar-refractivity contribution in [3.8, 4) is 0 Å². The minimum Gasteiger partial charge on any atom is -0.467 e. The van der Waals surface area contributed by atoms with Gasteiger partial charge in [-0.1, -0.05) is 13.3 Å². The van der Waals surface area contributed by atoms with E-state index in [2.05, 4.69) is 10.1 Å². The highest BCUT2D eigenvalue weighted by atomic mass is 16.5. The first-order chi connectivity index (χ1) is 7.40. The molecule has 5 heteroatoms. The number of hydrogen-bond donors (Lipinski definition) is 2. The zero-order chi connectivity index (χ0) is 12.3. The second-order valence-electron chi connectivity index (χ2n) is 4.63. The van der Waals surface area contributed by atoms with E-state index in [1.807, 2.05) is 6.92 Å². The Kier molecular flexibility index (Phi) is 3.91. The van der Waals surface area contributed by atoms with Crippen LogP contribution in [-0.4, -0.2) is 36.2 Å². The Morgan fingerprint density at radius 2 is 2.00 bits per heavy atom. The number of ether oxygens (including phenoxy) is 1. The third-order valence-electron chi connectivity index (χ3n) is 3.23. The van der Waals surface area contributed by atoms with E-state index in [1.54, 1.807) is 0 Å². The van der Waals surface area contributed by atoms with Crippen LogP contribution in [0.4, 0.5) is 0 Å². The van der Waals surface area contributed by atoms with Gasteiger partial charge in [-0.05, 0) is 19.8 Å². The van der Waals surface area contributed by atoms with Crippen LogP contribution < -0.4 is 5.32 Å². The van der Waals surface area contributed by atoms with E-state index >= 15 is 0 Å². The number of rotatable bonds is 4. The number of aliphatic hydroxyl groups is 1. The van der Waals surface area contributed by atoms with Crippen LogP contribution in [-0.2, 0) is 14.3 Å². The summed E-state index contributed by atoms with van der Waals surface area (Å²) in [6.07, 6.45) is 1.72. The third-order valence-corrected chi connectivity index (χ3v) is 3.23. The lowest BCUT2D eigenvalue weighted by atomic mass is 9.69. The molecule has 2 atom stereocenters. The molecule has 1 fully saturated rings. The Morgan fingerprint density at radius 1 is 1.44 bits per heavy atom. The zero-order valence-corrected chi connectivity index (χ0v) is 9.95. The predicted molar refractivity (Wildman–Crippen MR) is 57.6 cm³/mol. The van der Waals surface area contributed by atoms with Crippen LogP contribution >= 0.6 is 0 Å². The van der Waals surface area contributed by atoms with Crippen LogP contribution in [0.25, 0.3) is 0 Å². The molecule has 0 aliphatic heterocycles. The lowest BCUT2D eigenvalue weighted by molar-refractivity contribution is -0.150. The van der Waals surface area contributed by atoms with Crippen LogP contribution in [0.2, 0.25) is 0 Å². The normalized spacial score (nSPS) is 21.5. The Hall–Kier alpha value is -1.10. The number of aliphatic hydroxyl groups excluding tert-OH is 1. The maximum Gasteiger partial charge on any atom is 0.331 e. The first-order valence-corrected chi connectivity index (χ1v) is 5.47. The molecule has 0 aromatic rings. The highest BCUT2D eigenvalue weighted by molar-refractivity contribution is 5.88. The van der Waals surface area contributed by atoms with Gasteiger partial charge in [-0.25, -0.2) is 4.79 Å². The molecule has 0 radical (unpaired) electrons. The summed E-state index contributed by atoms with van der Waals surface area (Å²) in [6.45, 7) is 3.31. The van der Waals surface area contributed by atoms with E-state index in [-0.39, 0.29) is 11.3 Å². The van der Waals surface area contributed by atoms with Gasteiger partial charge in [0.2, 0.25) is 5.91 Å². The highest BCUT2D eigenvalue weighted by Crippen LogP contribution is 2.40. The Bertz CT molecular complexity index is 284. The molecule has 0 unspecified atom stereocenters. The quantitative estimate of drug-likeness (QED) is 0.676. The SMILES string of the molecule is COC(=O)[C@@H](NC(=O)C1(C)CCC1)[C@@H](C)O. The third kappa shape index (κ3) is 2.52.